The maximum atomic E-state index is 12.4. The van der Waals surface area contributed by atoms with Gasteiger partial charge < -0.3 is 20.1 Å². The first-order valence-corrected chi connectivity index (χ1v) is 11.2. The molecule has 2 amide bonds. The lowest BCUT2D eigenvalue weighted by molar-refractivity contribution is -0.123. The van der Waals surface area contributed by atoms with Crippen LogP contribution < -0.4 is 15.4 Å². The number of amides is 2. The van der Waals surface area contributed by atoms with E-state index in [9.17, 15) is 9.59 Å². The Balaban J connectivity index is 1.47. The number of ether oxygens (including phenoxy) is 2. The van der Waals surface area contributed by atoms with Crippen molar-refractivity contribution in [1.29, 1.82) is 0 Å². The van der Waals surface area contributed by atoms with E-state index < -0.39 is 0 Å². The Hall–Kier alpha value is -2.12. The highest BCUT2D eigenvalue weighted by Gasteiger charge is 2.29. The molecule has 0 radical (unpaired) electrons. The lowest BCUT2D eigenvalue weighted by Crippen LogP contribution is -2.52. The minimum atomic E-state index is -0.133. The highest BCUT2D eigenvalue weighted by Crippen LogP contribution is 2.30. The van der Waals surface area contributed by atoms with Gasteiger partial charge in [0, 0.05) is 43.3 Å². The highest BCUT2D eigenvalue weighted by molar-refractivity contribution is 5.94. The van der Waals surface area contributed by atoms with Crippen molar-refractivity contribution < 1.29 is 19.1 Å². The van der Waals surface area contributed by atoms with Gasteiger partial charge in [-0.15, -0.1) is 0 Å². The van der Waals surface area contributed by atoms with Crippen molar-refractivity contribution in [3.63, 3.8) is 0 Å². The SMILES string of the molecule is CCC(CC)C(CNC(=O)COc1cccc(NC(=O)C2CC2)c1)N1CCOCC1. The molecule has 30 heavy (non-hydrogen) atoms. The second-order valence-electron chi connectivity index (χ2n) is 8.18. The molecule has 0 bridgehead atoms. The molecule has 7 nitrogen and oxygen atoms in total. The lowest BCUT2D eigenvalue weighted by Gasteiger charge is -2.38. The number of rotatable bonds is 11. The molecule has 2 fully saturated rings. The normalized spacial score (nSPS) is 18.1. The molecule has 1 aromatic carbocycles. The highest BCUT2D eigenvalue weighted by atomic mass is 16.5. The Kier molecular flexibility index (Phi) is 8.51. The van der Waals surface area contributed by atoms with E-state index >= 15 is 0 Å². The molecule has 7 heteroatoms. The van der Waals surface area contributed by atoms with Gasteiger partial charge >= 0.3 is 0 Å². The van der Waals surface area contributed by atoms with Crippen molar-refractivity contribution in [2.24, 2.45) is 11.8 Å². The lowest BCUT2D eigenvalue weighted by atomic mass is 9.92. The molecule has 1 saturated carbocycles. The molecular weight excluding hydrogens is 382 g/mol. The summed E-state index contributed by atoms with van der Waals surface area (Å²) in [4.78, 5) is 26.8. The van der Waals surface area contributed by atoms with Gasteiger partial charge in [-0.05, 0) is 30.9 Å². The Morgan fingerprint density at radius 2 is 1.93 bits per heavy atom. The number of hydrogen-bond donors (Lipinski definition) is 2. The van der Waals surface area contributed by atoms with Crippen LogP contribution in [0.25, 0.3) is 0 Å². The number of morpholine rings is 1. The third-order valence-electron chi connectivity index (χ3n) is 6.04. The average Bonchev–Trinajstić information content (AvgIpc) is 3.62. The smallest absolute Gasteiger partial charge is 0.257 e. The predicted molar refractivity (Wildman–Crippen MR) is 117 cm³/mol. The molecule has 1 saturated heterocycles. The van der Waals surface area contributed by atoms with Crippen LogP contribution in [0.5, 0.6) is 5.75 Å². The molecule has 1 aliphatic carbocycles. The minimum Gasteiger partial charge on any atom is -0.484 e. The molecule has 0 aromatic heterocycles. The van der Waals surface area contributed by atoms with Crippen LogP contribution in [0, 0.1) is 11.8 Å². The number of hydrogen-bond acceptors (Lipinski definition) is 5. The van der Waals surface area contributed by atoms with Crippen LogP contribution >= 0.6 is 0 Å². The third-order valence-corrected chi connectivity index (χ3v) is 6.04. The number of benzene rings is 1. The largest absolute Gasteiger partial charge is 0.484 e. The van der Waals surface area contributed by atoms with E-state index in [1.807, 2.05) is 12.1 Å². The summed E-state index contributed by atoms with van der Waals surface area (Å²) in [5.41, 5.74) is 0.700. The predicted octanol–water partition coefficient (Wildman–Crippen LogP) is 2.67. The van der Waals surface area contributed by atoms with E-state index in [0.717, 1.165) is 52.0 Å². The van der Waals surface area contributed by atoms with Crippen LogP contribution in [0.15, 0.2) is 24.3 Å². The molecule has 3 rings (SSSR count). The van der Waals surface area contributed by atoms with Crippen molar-refractivity contribution in [1.82, 2.24) is 10.2 Å². The first kappa shape index (κ1) is 22.6. The molecular formula is C23H35N3O4. The van der Waals surface area contributed by atoms with E-state index in [1.165, 1.54) is 0 Å². The van der Waals surface area contributed by atoms with E-state index in [4.69, 9.17) is 9.47 Å². The molecule has 1 heterocycles. The third kappa shape index (κ3) is 6.71. The van der Waals surface area contributed by atoms with Gasteiger partial charge in [0.15, 0.2) is 6.61 Å². The number of nitrogens with one attached hydrogen (secondary N) is 2. The fourth-order valence-corrected chi connectivity index (χ4v) is 4.01. The second kappa shape index (κ2) is 11.3. The Morgan fingerprint density at radius 3 is 2.60 bits per heavy atom. The molecule has 1 unspecified atom stereocenters. The van der Waals surface area contributed by atoms with Crippen molar-refractivity contribution >= 4 is 17.5 Å². The number of nitrogens with zero attached hydrogens (tertiary/aromatic N) is 1. The van der Waals surface area contributed by atoms with Crippen LogP contribution in [0.2, 0.25) is 0 Å². The molecule has 2 aliphatic rings. The van der Waals surface area contributed by atoms with Gasteiger partial charge in [0.2, 0.25) is 5.91 Å². The van der Waals surface area contributed by atoms with Crippen molar-refractivity contribution in [3.8, 4) is 5.75 Å². The molecule has 1 atom stereocenters. The summed E-state index contributed by atoms with van der Waals surface area (Å²) in [7, 11) is 0. The van der Waals surface area contributed by atoms with E-state index in [0.29, 0.717) is 29.9 Å². The van der Waals surface area contributed by atoms with Gasteiger partial charge in [-0.1, -0.05) is 32.8 Å². The van der Waals surface area contributed by atoms with Crippen LogP contribution in [-0.4, -0.2) is 62.2 Å². The Labute approximate surface area is 179 Å². The van der Waals surface area contributed by atoms with E-state index in [-0.39, 0.29) is 24.3 Å². The molecule has 2 N–H and O–H groups in total. The molecule has 1 aromatic rings. The standard InChI is InChI=1S/C23H35N3O4/c1-3-17(4-2)21(26-10-12-29-13-11-26)15-24-22(27)16-30-20-7-5-6-19(14-20)25-23(28)18-8-9-18/h5-7,14,17-18,21H,3-4,8-13,15-16H2,1-2H3,(H,24,27)(H,25,28). The second-order valence-corrected chi connectivity index (χ2v) is 8.18. The Morgan fingerprint density at radius 1 is 1.20 bits per heavy atom. The zero-order valence-corrected chi connectivity index (χ0v) is 18.2. The summed E-state index contributed by atoms with van der Waals surface area (Å²) in [5.74, 6) is 1.18. The molecule has 166 valence electrons. The van der Waals surface area contributed by atoms with Gasteiger partial charge in [0.05, 0.1) is 13.2 Å². The zero-order valence-electron chi connectivity index (χ0n) is 18.2. The monoisotopic (exact) mass is 417 g/mol. The van der Waals surface area contributed by atoms with Gasteiger partial charge in [-0.25, -0.2) is 0 Å². The summed E-state index contributed by atoms with van der Waals surface area (Å²) in [6.45, 7) is 8.32. The summed E-state index contributed by atoms with van der Waals surface area (Å²) in [6.07, 6.45) is 4.10. The number of carbonyl (C=O) groups excluding carboxylic acids is 2. The summed E-state index contributed by atoms with van der Waals surface area (Å²) in [6, 6.07) is 7.51. The first-order chi connectivity index (χ1) is 14.6. The maximum absolute atomic E-state index is 12.4. The first-order valence-electron chi connectivity index (χ1n) is 11.2. The maximum Gasteiger partial charge on any atom is 0.257 e. The van der Waals surface area contributed by atoms with Crippen molar-refractivity contribution in [3.05, 3.63) is 24.3 Å². The van der Waals surface area contributed by atoms with Gasteiger partial charge in [-0.3, -0.25) is 14.5 Å². The fourth-order valence-electron chi connectivity index (χ4n) is 4.01. The van der Waals surface area contributed by atoms with Crippen molar-refractivity contribution in [2.75, 3.05) is 44.8 Å². The fraction of sp³-hybridized carbons (Fsp3) is 0.652. The summed E-state index contributed by atoms with van der Waals surface area (Å²) < 4.78 is 11.1. The molecule has 1 aliphatic heterocycles. The van der Waals surface area contributed by atoms with Crippen LogP contribution in [0.1, 0.15) is 39.5 Å². The molecule has 0 spiro atoms. The van der Waals surface area contributed by atoms with Crippen molar-refractivity contribution in [2.45, 2.75) is 45.6 Å². The summed E-state index contributed by atoms with van der Waals surface area (Å²) >= 11 is 0. The van der Waals surface area contributed by atoms with E-state index in [1.54, 1.807) is 12.1 Å². The number of carbonyl (C=O) groups is 2. The van der Waals surface area contributed by atoms with Gasteiger partial charge in [-0.2, -0.15) is 0 Å². The van der Waals surface area contributed by atoms with Gasteiger partial charge in [0.1, 0.15) is 5.75 Å². The zero-order chi connectivity index (χ0) is 21.3. The average molecular weight is 418 g/mol. The number of anilines is 1. The Bertz CT molecular complexity index is 697. The van der Waals surface area contributed by atoms with Crippen LogP contribution in [0.3, 0.4) is 0 Å². The summed E-state index contributed by atoms with van der Waals surface area (Å²) in [5, 5.41) is 5.95. The van der Waals surface area contributed by atoms with Crippen LogP contribution in [0.4, 0.5) is 5.69 Å². The van der Waals surface area contributed by atoms with E-state index in [2.05, 4.69) is 29.4 Å². The topological polar surface area (TPSA) is 79.9 Å². The minimum absolute atomic E-state index is 0.0429. The van der Waals surface area contributed by atoms with Gasteiger partial charge in [0.25, 0.3) is 5.91 Å². The quantitative estimate of drug-likeness (QED) is 0.579. The van der Waals surface area contributed by atoms with Crippen LogP contribution in [-0.2, 0) is 14.3 Å².